The number of nitrogens with zero attached hydrogens (tertiary/aromatic N) is 1. The van der Waals surface area contributed by atoms with E-state index in [9.17, 15) is 4.79 Å². The van der Waals surface area contributed by atoms with E-state index in [-0.39, 0.29) is 11.9 Å². The van der Waals surface area contributed by atoms with E-state index in [0.29, 0.717) is 11.7 Å². The standard InChI is InChI=1S/C13H17N3OS/c1-18-9-2-3-14-12(6-9)13(17)16-11-5-8-4-10(11)15-7-8/h2-3,6,8,10-11,15H,4-5,7H2,1H3,(H,16,17). The fraction of sp³-hybridized carbons (Fsp3) is 0.538. The maximum Gasteiger partial charge on any atom is 0.270 e. The summed E-state index contributed by atoms with van der Waals surface area (Å²) in [6, 6.07) is 4.50. The molecule has 2 bridgehead atoms. The van der Waals surface area contributed by atoms with Crippen molar-refractivity contribution in [1.82, 2.24) is 15.6 Å². The topological polar surface area (TPSA) is 54.0 Å². The van der Waals surface area contributed by atoms with Crippen LogP contribution >= 0.6 is 11.8 Å². The van der Waals surface area contributed by atoms with Crippen LogP contribution in [0.3, 0.4) is 0 Å². The van der Waals surface area contributed by atoms with Gasteiger partial charge in [0.1, 0.15) is 5.69 Å². The summed E-state index contributed by atoms with van der Waals surface area (Å²) in [5.74, 6) is 0.691. The Bertz CT molecular complexity index is 465. The molecule has 1 aliphatic carbocycles. The van der Waals surface area contributed by atoms with Gasteiger partial charge in [-0.25, -0.2) is 0 Å². The van der Waals surface area contributed by atoms with E-state index in [1.165, 1.54) is 6.42 Å². The van der Waals surface area contributed by atoms with Crippen LogP contribution in [-0.2, 0) is 0 Å². The number of piperidine rings is 1. The molecule has 1 saturated heterocycles. The van der Waals surface area contributed by atoms with Crippen LogP contribution < -0.4 is 10.6 Å². The number of hydrogen-bond acceptors (Lipinski definition) is 4. The first-order valence-electron chi connectivity index (χ1n) is 6.30. The molecule has 0 radical (unpaired) electrons. The number of hydrogen-bond donors (Lipinski definition) is 2. The van der Waals surface area contributed by atoms with Gasteiger partial charge in [0.15, 0.2) is 0 Å². The zero-order valence-corrected chi connectivity index (χ0v) is 11.2. The molecule has 0 spiro atoms. The third kappa shape index (κ3) is 2.24. The monoisotopic (exact) mass is 263 g/mol. The molecular weight excluding hydrogens is 246 g/mol. The molecule has 1 saturated carbocycles. The van der Waals surface area contributed by atoms with E-state index in [0.717, 1.165) is 23.8 Å². The van der Waals surface area contributed by atoms with Gasteiger partial charge in [0.25, 0.3) is 5.91 Å². The third-order valence-electron chi connectivity index (χ3n) is 3.85. The fourth-order valence-electron chi connectivity index (χ4n) is 2.92. The number of pyridine rings is 1. The Morgan fingerprint density at radius 3 is 3.11 bits per heavy atom. The third-order valence-corrected chi connectivity index (χ3v) is 4.57. The second kappa shape index (κ2) is 4.90. The number of rotatable bonds is 3. The van der Waals surface area contributed by atoms with Crippen molar-refractivity contribution in [3.8, 4) is 0 Å². The quantitative estimate of drug-likeness (QED) is 0.807. The number of carbonyl (C=O) groups excluding carboxylic acids is 1. The van der Waals surface area contributed by atoms with Crippen molar-refractivity contribution in [2.75, 3.05) is 12.8 Å². The largest absolute Gasteiger partial charge is 0.346 e. The molecule has 1 aromatic rings. The zero-order valence-electron chi connectivity index (χ0n) is 10.3. The molecule has 3 atom stereocenters. The van der Waals surface area contributed by atoms with Crippen LogP contribution in [0.4, 0.5) is 0 Å². The predicted octanol–water partition coefficient (Wildman–Crippen LogP) is 1.28. The van der Waals surface area contributed by atoms with Crippen LogP contribution in [0.2, 0.25) is 0 Å². The number of aromatic nitrogens is 1. The van der Waals surface area contributed by atoms with Crippen LogP contribution in [0, 0.1) is 5.92 Å². The van der Waals surface area contributed by atoms with E-state index >= 15 is 0 Å². The molecule has 18 heavy (non-hydrogen) atoms. The number of fused-ring (bicyclic) bond motifs is 2. The SMILES string of the molecule is CSc1ccnc(C(=O)NC2CC3CNC2C3)c1. The highest BCUT2D eigenvalue weighted by molar-refractivity contribution is 7.98. The molecule has 2 N–H and O–H groups in total. The van der Waals surface area contributed by atoms with Crippen LogP contribution in [-0.4, -0.2) is 35.8 Å². The first-order valence-corrected chi connectivity index (χ1v) is 7.53. The molecule has 5 heteroatoms. The number of carbonyl (C=O) groups is 1. The summed E-state index contributed by atoms with van der Waals surface area (Å²) in [6.07, 6.45) is 5.99. The van der Waals surface area contributed by atoms with Gasteiger partial charge in [-0.3, -0.25) is 9.78 Å². The van der Waals surface area contributed by atoms with Gasteiger partial charge in [-0.1, -0.05) is 0 Å². The zero-order chi connectivity index (χ0) is 12.5. The van der Waals surface area contributed by atoms with Crippen LogP contribution in [0.25, 0.3) is 0 Å². The number of amides is 1. The number of nitrogens with one attached hydrogen (secondary N) is 2. The summed E-state index contributed by atoms with van der Waals surface area (Å²) in [5.41, 5.74) is 0.518. The Labute approximate surface area is 111 Å². The summed E-state index contributed by atoms with van der Waals surface area (Å²) >= 11 is 1.62. The second-order valence-corrected chi connectivity index (χ2v) is 5.89. The van der Waals surface area contributed by atoms with Gasteiger partial charge < -0.3 is 10.6 Å². The molecule has 3 rings (SSSR count). The summed E-state index contributed by atoms with van der Waals surface area (Å²) in [4.78, 5) is 17.4. The lowest BCUT2D eigenvalue weighted by atomic mass is 10.1. The maximum atomic E-state index is 12.1. The van der Waals surface area contributed by atoms with Crippen molar-refractivity contribution in [2.45, 2.75) is 29.8 Å². The molecule has 4 nitrogen and oxygen atoms in total. The van der Waals surface area contributed by atoms with Gasteiger partial charge in [-0.2, -0.15) is 0 Å². The smallest absolute Gasteiger partial charge is 0.270 e. The normalized spacial score (nSPS) is 29.5. The van der Waals surface area contributed by atoms with E-state index in [1.54, 1.807) is 18.0 Å². The fourth-order valence-corrected chi connectivity index (χ4v) is 3.34. The lowest BCUT2D eigenvalue weighted by molar-refractivity contribution is 0.0923. The van der Waals surface area contributed by atoms with E-state index in [4.69, 9.17) is 0 Å². The van der Waals surface area contributed by atoms with Crippen molar-refractivity contribution in [1.29, 1.82) is 0 Å². The summed E-state index contributed by atoms with van der Waals surface area (Å²) in [5, 5.41) is 6.55. The average molecular weight is 263 g/mol. The first-order chi connectivity index (χ1) is 8.76. The molecule has 1 aromatic heterocycles. The first kappa shape index (κ1) is 12.0. The Morgan fingerprint density at radius 2 is 2.44 bits per heavy atom. The van der Waals surface area contributed by atoms with Crippen LogP contribution in [0.5, 0.6) is 0 Å². The summed E-state index contributed by atoms with van der Waals surface area (Å²) in [7, 11) is 0. The highest BCUT2D eigenvalue weighted by Gasteiger charge is 2.40. The van der Waals surface area contributed by atoms with Crippen molar-refractivity contribution < 1.29 is 4.79 Å². The van der Waals surface area contributed by atoms with E-state index in [2.05, 4.69) is 15.6 Å². The molecule has 2 fully saturated rings. The highest BCUT2D eigenvalue weighted by atomic mass is 32.2. The minimum atomic E-state index is -0.0507. The minimum absolute atomic E-state index is 0.0507. The Morgan fingerprint density at radius 1 is 1.56 bits per heavy atom. The van der Waals surface area contributed by atoms with Crippen molar-refractivity contribution in [3.63, 3.8) is 0 Å². The van der Waals surface area contributed by atoms with Gasteiger partial charge >= 0.3 is 0 Å². The lowest BCUT2D eigenvalue weighted by Crippen LogP contribution is -2.48. The Kier molecular flexibility index (Phi) is 3.26. The average Bonchev–Trinajstić information content (AvgIpc) is 3.01. The molecule has 3 unspecified atom stereocenters. The van der Waals surface area contributed by atoms with Gasteiger partial charge in [-0.15, -0.1) is 11.8 Å². The van der Waals surface area contributed by atoms with E-state index in [1.807, 2.05) is 18.4 Å². The second-order valence-electron chi connectivity index (χ2n) is 5.01. The van der Waals surface area contributed by atoms with Crippen LogP contribution in [0.15, 0.2) is 23.2 Å². The lowest BCUT2D eigenvalue weighted by Gasteiger charge is -2.23. The Hall–Kier alpha value is -1.07. The Balaban J connectivity index is 1.67. The maximum absolute atomic E-state index is 12.1. The molecule has 1 amide bonds. The molecule has 1 aliphatic heterocycles. The summed E-state index contributed by atoms with van der Waals surface area (Å²) < 4.78 is 0. The van der Waals surface area contributed by atoms with Crippen molar-refractivity contribution in [2.24, 2.45) is 5.92 Å². The highest BCUT2D eigenvalue weighted by Crippen LogP contribution is 2.31. The van der Waals surface area contributed by atoms with Crippen molar-refractivity contribution in [3.05, 3.63) is 24.0 Å². The van der Waals surface area contributed by atoms with Gasteiger partial charge in [0, 0.05) is 23.2 Å². The minimum Gasteiger partial charge on any atom is -0.346 e. The molecule has 0 aromatic carbocycles. The van der Waals surface area contributed by atoms with Crippen molar-refractivity contribution >= 4 is 17.7 Å². The molecule has 2 heterocycles. The van der Waals surface area contributed by atoms with Gasteiger partial charge in [0.05, 0.1) is 0 Å². The van der Waals surface area contributed by atoms with Gasteiger partial charge in [0.2, 0.25) is 0 Å². The predicted molar refractivity (Wildman–Crippen MR) is 71.8 cm³/mol. The number of thioether (sulfide) groups is 1. The molecule has 96 valence electrons. The van der Waals surface area contributed by atoms with Crippen LogP contribution in [0.1, 0.15) is 23.3 Å². The molecular formula is C13H17N3OS. The summed E-state index contributed by atoms with van der Waals surface area (Å²) in [6.45, 7) is 1.11. The van der Waals surface area contributed by atoms with E-state index < -0.39 is 0 Å². The molecule has 2 aliphatic rings. The van der Waals surface area contributed by atoms with Gasteiger partial charge in [-0.05, 0) is 43.7 Å².